The Bertz CT molecular complexity index is 765. The van der Waals surface area contributed by atoms with E-state index in [4.69, 9.17) is 90.0 Å². The zero-order valence-corrected chi connectivity index (χ0v) is 25.2. The first-order chi connectivity index (χ1) is 20.5. The summed E-state index contributed by atoms with van der Waals surface area (Å²) in [5.41, 5.74) is 0. The second kappa shape index (κ2) is 35.2. The van der Waals surface area contributed by atoms with Crippen LogP contribution in [-0.2, 0) is 28.8 Å². The van der Waals surface area contributed by atoms with Crippen molar-refractivity contribution in [1.29, 1.82) is 0 Å². The van der Waals surface area contributed by atoms with Crippen LogP contribution in [0.3, 0.4) is 0 Å². The summed E-state index contributed by atoms with van der Waals surface area (Å²) < 4.78 is 0. The predicted molar refractivity (Wildman–Crippen MR) is 150 cm³/mol. The summed E-state index contributed by atoms with van der Waals surface area (Å²) in [7, 11) is 0. The highest BCUT2D eigenvalue weighted by atomic mass is 16.4. The molecule has 1 aromatic rings. The topological polar surface area (TPSA) is 394 Å². The summed E-state index contributed by atoms with van der Waals surface area (Å²) in [6, 6.07) is 0. The molecule has 0 aliphatic heterocycles. The van der Waals surface area contributed by atoms with Gasteiger partial charge in [0.25, 0.3) is 35.8 Å². The fraction of sp³-hybridized carbons (Fsp3) is 0.571. The quantitative estimate of drug-likeness (QED) is 0.114. The molecule has 264 valence electrons. The van der Waals surface area contributed by atoms with Crippen molar-refractivity contribution < 1.29 is 90.0 Å². The van der Waals surface area contributed by atoms with Crippen LogP contribution in [0.2, 0.25) is 0 Å². The normalized spacial score (nSPS) is 8.27. The lowest BCUT2D eigenvalue weighted by atomic mass is 10.6. The van der Waals surface area contributed by atoms with Crippen LogP contribution < -0.4 is 14.7 Å². The Morgan fingerprint density at radius 2 is 0.467 bits per heavy atom. The SMILES string of the molecule is CC(=O)O.CC(=O)O.CC(=O)O.CC(=O)O.CC(=O)O.CC(=O)O.OCN(CO)c1nc(N(CO)CO)nc(N(CO)CO)n1. The molecule has 0 spiro atoms. The van der Waals surface area contributed by atoms with Crippen LogP contribution in [0.25, 0.3) is 0 Å². The molecule has 24 nitrogen and oxygen atoms in total. The summed E-state index contributed by atoms with van der Waals surface area (Å²) >= 11 is 0. The van der Waals surface area contributed by atoms with Crippen LogP contribution in [0.4, 0.5) is 17.8 Å². The Morgan fingerprint density at radius 3 is 0.533 bits per heavy atom. The molecule has 0 aliphatic carbocycles. The number of hydrogen-bond donors (Lipinski definition) is 12. The molecule has 1 heterocycles. The van der Waals surface area contributed by atoms with E-state index in [0.717, 1.165) is 56.2 Å². The monoisotopic (exact) mass is 666 g/mol. The zero-order chi connectivity index (χ0) is 37.3. The molecule has 12 N–H and O–H groups in total. The highest BCUT2D eigenvalue weighted by Crippen LogP contribution is 2.18. The van der Waals surface area contributed by atoms with Gasteiger partial charge in [0.1, 0.15) is 40.4 Å². The molecule has 1 rings (SSSR count). The van der Waals surface area contributed by atoms with E-state index in [1.807, 2.05) is 0 Å². The van der Waals surface area contributed by atoms with Gasteiger partial charge in [-0.15, -0.1) is 0 Å². The molecule has 0 radical (unpaired) electrons. The maximum absolute atomic E-state index is 9.11. The number of aliphatic hydroxyl groups is 6. The predicted octanol–water partition coefficient (Wildman–Crippen LogP) is -3.46. The van der Waals surface area contributed by atoms with Crippen LogP contribution >= 0.6 is 0 Å². The third-order valence-electron chi connectivity index (χ3n) is 2.47. The Kier molecular flexibility index (Phi) is 41.1. The maximum Gasteiger partial charge on any atom is 0.300 e. The minimum absolute atomic E-state index is 0.168. The number of carboxylic acids is 6. The molecule has 0 aliphatic rings. The van der Waals surface area contributed by atoms with Gasteiger partial charge in [0, 0.05) is 41.5 Å². The molecule has 0 bridgehead atoms. The number of rotatable bonds is 9. The van der Waals surface area contributed by atoms with Crippen molar-refractivity contribution >= 4 is 53.7 Å². The third-order valence-corrected chi connectivity index (χ3v) is 2.47. The first-order valence-electron chi connectivity index (χ1n) is 11.4. The van der Waals surface area contributed by atoms with Gasteiger partial charge in [-0.2, -0.15) is 15.0 Å². The molecule has 0 amide bonds. The molecule has 0 aromatic carbocycles. The van der Waals surface area contributed by atoms with Gasteiger partial charge in [-0.1, -0.05) is 0 Å². The van der Waals surface area contributed by atoms with E-state index < -0.39 is 76.2 Å². The van der Waals surface area contributed by atoms with Crippen LogP contribution in [0.5, 0.6) is 0 Å². The molecular formula is C21H42N6O18. The van der Waals surface area contributed by atoms with E-state index in [2.05, 4.69) is 15.0 Å². The van der Waals surface area contributed by atoms with Crippen LogP contribution in [-0.4, -0.2) is 152 Å². The van der Waals surface area contributed by atoms with E-state index in [-0.39, 0.29) is 17.8 Å². The highest BCUT2D eigenvalue weighted by Gasteiger charge is 2.18. The molecule has 24 heteroatoms. The summed E-state index contributed by atoms with van der Waals surface area (Å²) in [5.74, 6) is -5.50. The maximum atomic E-state index is 9.11. The number of anilines is 3. The number of carboxylic acid groups (broad SMARTS) is 6. The van der Waals surface area contributed by atoms with E-state index >= 15 is 0 Å². The summed E-state index contributed by atoms with van der Waals surface area (Å²) in [6.07, 6.45) is 0. The molecular weight excluding hydrogens is 624 g/mol. The summed E-state index contributed by atoms with van der Waals surface area (Å²) in [6.45, 7) is 2.89. The molecule has 0 fully saturated rings. The number of aliphatic hydroxyl groups excluding tert-OH is 6. The summed E-state index contributed by atoms with van der Waals surface area (Å²) in [4.78, 5) is 68.5. The fourth-order valence-corrected chi connectivity index (χ4v) is 1.28. The van der Waals surface area contributed by atoms with Gasteiger partial charge < -0.3 is 61.3 Å². The molecule has 0 atom stereocenters. The van der Waals surface area contributed by atoms with Gasteiger partial charge in [-0.25, -0.2) is 0 Å². The van der Waals surface area contributed by atoms with E-state index in [1.54, 1.807) is 0 Å². The Hall–Kier alpha value is -5.01. The number of nitrogens with zero attached hydrogens (tertiary/aromatic N) is 6. The van der Waals surface area contributed by atoms with Gasteiger partial charge in [-0.05, 0) is 0 Å². The Balaban J connectivity index is -0.000000128. The highest BCUT2D eigenvalue weighted by molar-refractivity contribution is 5.64. The fourth-order valence-electron chi connectivity index (χ4n) is 1.28. The second-order valence-corrected chi connectivity index (χ2v) is 6.82. The lowest BCUT2D eigenvalue weighted by molar-refractivity contribution is -0.135. The van der Waals surface area contributed by atoms with Gasteiger partial charge in [0.05, 0.1) is 0 Å². The average Bonchev–Trinajstić information content (AvgIpc) is 2.84. The Labute approximate surface area is 255 Å². The molecule has 0 unspecified atom stereocenters. The molecule has 0 saturated heterocycles. The molecule has 1 aromatic heterocycles. The standard InChI is InChI=1S/C9H18N6O6.6C2H4O2/c16-1-13(2-17)7-10-8(14(3-18)4-19)12-9(11-7)15(5-20)6-21;6*1-2(3)4/h16-21H,1-6H2;6*1H3,(H,3,4). The third kappa shape index (κ3) is 55.5. The molecule has 0 saturated carbocycles. The number of aromatic nitrogens is 3. The van der Waals surface area contributed by atoms with Crippen molar-refractivity contribution in [2.45, 2.75) is 41.5 Å². The van der Waals surface area contributed by atoms with Gasteiger partial charge >= 0.3 is 0 Å². The van der Waals surface area contributed by atoms with Gasteiger partial charge in [-0.3, -0.25) is 43.5 Å². The largest absolute Gasteiger partial charge is 0.481 e. The van der Waals surface area contributed by atoms with E-state index in [0.29, 0.717) is 0 Å². The minimum atomic E-state index is -0.833. The van der Waals surface area contributed by atoms with Gasteiger partial charge in [0.2, 0.25) is 17.8 Å². The van der Waals surface area contributed by atoms with Crippen molar-refractivity contribution in [3.8, 4) is 0 Å². The van der Waals surface area contributed by atoms with Crippen molar-refractivity contribution in [1.82, 2.24) is 15.0 Å². The lowest BCUT2D eigenvalue weighted by Gasteiger charge is -2.24. The molecule has 45 heavy (non-hydrogen) atoms. The van der Waals surface area contributed by atoms with E-state index in [9.17, 15) is 0 Å². The van der Waals surface area contributed by atoms with Crippen molar-refractivity contribution in [3.05, 3.63) is 0 Å². The average molecular weight is 667 g/mol. The van der Waals surface area contributed by atoms with Crippen LogP contribution in [0, 0.1) is 0 Å². The number of carbonyl (C=O) groups is 6. The lowest BCUT2D eigenvalue weighted by Crippen LogP contribution is -2.34. The van der Waals surface area contributed by atoms with E-state index in [1.165, 1.54) is 0 Å². The minimum Gasteiger partial charge on any atom is -0.481 e. The van der Waals surface area contributed by atoms with Crippen LogP contribution in [0.15, 0.2) is 0 Å². The zero-order valence-electron chi connectivity index (χ0n) is 25.2. The van der Waals surface area contributed by atoms with Crippen molar-refractivity contribution in [2.24, 2.45) is 0 Å². The van der Waals surface area contributed by atoms with Gasteiger partial charge in [0.15, 0.2) is 0 Å². The Morgan fingerprint density at radius 1 is 0.378 bits per heavy atom. The van der Waals surface area contributed by atoms with Crippen molar-refractivity contribution in [2.75, 3.05) is 55.1 Å². The second-order valence-electron chi connectivity index (χ2n) is 6.82. The van der Waals surface area contributed by atoms with Crippen LogP contribution in [0.1, 0.15) is 41.5 Å². The van der Waals surface area contributed by atoms with Crippen molar-refractivity contribution in [3.63, 3.8) is 0 Å². The summed E-state index contributed by atoms with van der Waals surface area (Å²) in [5, 5.41) is 99.1. The smallest absolute Gasteiger partial charge is 0.300 e. The number of aliphatic carboxylic acids is 6. The first kappa shape index (κ1) is 52.6. The number of hydrogen-bond acceptors (Lipinski definition) is 18. The first-order valence-corrected chi connectivity index (χ1v) is 11.4.